The van der Waals surface area contributed by atoms with E-state index < -0.39 is 35.6 Å². The van der Waals surface area contributed by atoms with Crippen LogP contribution in [0.3, 0.4) is 0 Å². The van der Waals surface area contributed by atoms with Crippen LogP contribution >= 0.6 is 0 Å². The van der Waals surface area contributed by atoms with Gasteiger partial charge in [-0.3, -0.25) is 14.9 Å². The number of nitrogens with zero attached hydrogens (tertiary/aromatic N) is 1. The zero-order valence-corrected chi connectivity index (χ0v) is 9.93. The second-order valence-corrected chi connectivity index (χ2v) is 4.08. The first kappa shape index (κ1) is 13.7. The number of nitro groups is 1. The summed E-state index contributed by atoms with van der Waals surface area (Å²) >= 11 is 0. The molecule has 2 heterocycles. The molecule has 0 aromatic carbocycles. The minimum Gasteiger partial charge on any atom is -0.461 e. The van der Waals surface area contributed by atoms with E-state index in [1.807, 2.05) is 0 Å². The second-order valence-electron chi connectivity index (χ2n) is 4.08. The van der Waals surface area contributed by atoms with Crippen molar-refractivity contribution in [3.8, 4) is 0 Å². The molecule has 19 heavy (non-hydrogen) atoms. The molecule has 2 atom stereocenters. The summed E-state index contributed by atoms with van der Waals surface area (Å²) in [6, 6.07) is 2.87. The Bertz CT molecular complexity index is 438. The van der Waals surface area contributed by atoms with Gasteiger partial charge in [0.25, 0.3) is 0 Å². The lowest BCUT2D eigenvalue weighted by atomic mass is 9.97. The molecule has 0 unspecified atom stereocenters. The summed E-state index contributed by atoms with van der Waals surface area (Å²) in [6.07, 6.45) is -1.29. The van der Waals surface area contributed by atoms with E-state index in [1.165, 1.54) is 18.4 Å². The number of aliphatic hydroxyl groups is 1. The predicted molar refractivity (Wildman–Crippen MR) is 60.1 cm³/mol. The van der Waals surface area contributed by atoms with Gasteiger partial charge in [-0.15, -0.1) is 0 Å². The normalized spacial score (nSPS) is 19.2. The molecule has 1 saturated heterocycles. The third-order valence-electron chi connectivity index (χ3n) is 2.80. The third-order valence-corrected chi connectivity index (χ3v) is 2.80. The number of furan rings is 1. The van der Waals surface area contributed by atoms with E-state index in [-0.39, 0.29) is 19.0 Å². The summed E-state index contributed by atoms with van der Waals surface area (Å²) in [5.41, 5.74) is 0. The molecule has 0 spiro atoms. The topological polar surface area (TPSA) is 112 Å². The van der Waals surface area contributed by atoms with Crippen molar-refractivity contribution in [1.82, 2.24) is 0 Å². The van der Waals surface area contributed by atoms with Gasteiger partial charge in [-0.2, -0.15) is 0 Å². The molecular weight excluding hydrogens is 258 g/mol. The van der Waals surface area contributed by atoms with Gasteiger partial charge in [-0.25, -0.2) is 0 Å². The van der Waals surface area contributed by atoms with Crippen LogP contribution in [-0.4, -0.2) is 48.0 Å². The Kier molecular flexibility index (Phi) is 4.25. The van der Waals surface area contributed by atoms with E-state index in [1.54, 1.807) is 0 Å². The fraction of sp³-hybridized carbons (Fsp3) is 0.545. The Morgan fingerprint density at radius 3 is 2.74 bits per heavy atom. The standard InChI is InChI=1S/C11H13NO7/c13-9(10(14)8-2-1-3-17-8)7(6-12(15)16)11-18-4-5-19-11/h1-3,7,9,11,13H,4-6H2/t7-,9-/m0/s1. The van der Waals surface area contributed by atoms with Crippen LogP contribution in [-0.2, 0) is 9.47 Å². The van der Waals surface area contributed by atoms with Gasteiger partial charge in [0, 0.05) is 4.92 Å². The highest BCUT2D eigenvalue weighted by molar-refractivity contribution is 5.97. The van der Waals surface area contributed by atoms with Crippen molar-refractivity contribution >= 4 is 5.78 Å². The highest BCUT2D eigenvalue weighted by atomic mass is 16.7. The second kappa shape index (κ2) is 5.91. The number of aliphatic hydroxyl groups excluding tert-OH is 1. The molecule has 8 heteroatoms. The van der Waals surface area contributed by atoms with Gasteiger partial charge in [0.15, 0.2) is 12.1 Å². The average Bonchev–Trinajstić information content (AvgIpc) is 3.05. The Balaban J connectivity index is 2.12. The molecule has 0 aliphatic carbocycles. The molecule has 0 radical (unpaired) electrons. The van der Waals surface area contributed by atoms with E-state index in [2.05, 4.69) is 0 Å². The van der Waals surface area contributed by atoms with Crippen LogP contribution in [0.5, 0.6) is 0 Å². The predicted octanol–water partition coefficient (Wildman–Crippen LogP) is 0.0890. The van der Waals surface area contributed by atoms with Gasteiger partial charge in [0.1, 0.15) is 12.0 Å². The van der Waals surface area contributed by atoms with E-state index in [0.29, 0.717) is 0 Å². The molecule has 1 aliphatic heterocycles. The molecule has 0 bridgehead atoms. The van der Waals surface area contributed by atoms with E-state index in [9.17, 15) is 20.0 Å². The quantitative estimate of drug-likeness (QED) is 0.443. The lowest BCUT2D eigenvalue weighted by Gasteiger charge is -2.22. The van der Waals surface area contributed by atoms with Gasteiger partial charge in [-0.1, -0.05) is 0 Å². The van der Waals surface area contributed by atoms with Crippen LogP contribution < -0.4 is 0 Å². The van der Waals surface area contributed by atoms with Crippen molar-refractivity contribution in [3.63, 3.8) is 0 Å². The fourth-order valence-corrected chi connectivity index (χ4v) is 1.89. The van der Waals surface area contributed by atoms with Crippen molar-refractivity contribution in [1.29, 1.82) is 0 Å². The molecule has 1 N–H and O–H groups in total. The Labute approximate surface area is 108 Å². The summed E-state index contributed by atoms with van der Waals surface area (Å²) in [4.78, 5) is 21.9. The molecule has 1 aromatic rings. The van der Waals surface area contributed by atoms with Crippen LogP contribution in [0.1, 0.15) is 10.6 Å². The number of Topliss-reactive ketones (excluding diaryl/α,β-unsaturated/α-hetero) is 1. The van der Waals surface area contributed by atoms with Crippen LogP contribution in [0.4, 0.5) is 0 Å². The van der Waals surface area contributed by atoms with Crippen molar-refractivity contribution < 1.29 is 28.7 Å². The lowest BCUT2D eigenvalue weighted by Crippen LogP contribution is -2.42. The Hall–Kier alpha value is -1.77. The minimum atomic E-state index is -1.61. The number of hydrogen-bond acceptors (Lipinski definition) is 7. The molecule has 1 fully saturated rings. The highest BCUT2D eigenvalue weighted by Gasteiger charge is 2.41. The largest absolute Gasteiger partial charge is 0.461 e. The minimum absolute atomic E-state index is 0.0566. The molecule has 0 saturated carbocycles. The Morgan fingerprint density at radius 1 is 1.53 bits per heavy atom. The maximum absolute atomic E-state index is 11.9. The van der Waals surface area contributed by atoms with E-state index >= 15 is 0 Å². The highest BCUT2D eigenvalue weighted by Crippen LogP contribution is 2.21. The average molecular weight is 271 g/mol. The first-order valence-electron chi connectivity index (χ1n) is 5.70. The van der Waals surface area contributed by atoms with Crippen molar-refractivity contribution in [2.24, 2.45) is 5.92 Å². The number of ether oxygens (including phenoxy) is 2. The van der Waals surface area contributed by atoms with Crippen LogP contribution in [0.25, 0.3) is 0 Å². The van der Waals surface area contributed by atoms with Crippen molar-refractivity contribution in [3.05, 3.63) is 34.3 Å². The summed E-state index contributed by atoms with van der Waals surface area (Å²) in [5, 5.41) is 20.6. The van der Waals surface area contributed by atoms with Crippen molar-refractivity contribution in [2.45, 2.75) is 12.4 Å². The van der Waals surface area contributed by atoms with E-state index in [0.717, 1.165) is 0 Å². The van der Waals surface area contributed by atoms with Gasteiger partial charge < -0.3 is 19.0 Å². The van der Waals surface area contributed by atoms with Gasteiger partial charge in [-0.05, 0) is 12.1 Å². The number of carbonyl (C=O) groups excluding carboxylic acids is 1. The number of ketones is 1. The van der Waals surface area contributed by atoms with Crippen LogP contribution in [0.2, 0.25) is 0 Å². The van der Waals surface area contributed by atoms with Crippen LogP contribution in [0, 0.1) is 16.0 Å². The molecule has 2 rings (SSSR count). The number of carbonyl (C=O) groups is 1. The summed E-state index contributed by atoms with van der Waals surface area (Å²) in [6.45, 7) is -0.0701. The number of rotatable bonds is 6. The Morgan fingerprint density at radius 2 is 2.21 bits per heavy atom. The molecule has 104 valence electrons. The van der Waals surface area contributed by atoms with Gasteiger partial charge in [0.05, 0.1) is 19.5 Å². The first-order valence-corrected chi connectivity index (χ1v) is 5.70. The van der Waals surface area contributed by atoms with Crippen molar-refractivity contribution in [2.75, 3.05) is 19.8 Å². The molecule has 0 amide bonds. The molecule has 1 aliphatic rings. The lowest BCUT2D eigenvalue weighted by molar-refractivity contribution is -0.495. The maximum Gasteiger partial charge on any atom is 0.227 e. The van der Waals surface area contributed by atoms with Gasteiger partial charge >= 0.3 is 0 Å². The third kappa shape index (κ3) is 3.16. The monoisotopic (exact) mass is 271 g/mol. The SMILES string of the molecule is O=C(c1ccco1)[C@@H](O)[C@H](C[N+](=O)[O-])C1OCCO1. The van der Waals surface area contributed by atoms with E-state index in [4.69, 9.17) is 13.9 Å². The summed E-state index contributed by atoms with van der Waals surface area (Å²) in [5.74, 6) is -1.86. The first-order chi connectivity index (χ1) is 9.09. The molecule has 8 nitrogen and oxygen atoms in total. The molecular formula is C11H13NO7. The van der Waals surface area contributed by atoms with Gasteiger partial charge in [0.2, 0.25) is 12.3 Å². The molecule has 1 aromatic heterocycles. The number of hydrogen-bond donors (Lipinski definition) is 1. The fourth-order valence-electron chi connectivity index (χ4n) is 1.89. The zero-order chi connectivity index (χ0) is 13.8. The van der Waals surface area contributed by atoms with Crippen LogP contribution in [0.15, 0.2) is 22.8 Å². The summed E-state index contributed by atoms with van der Waals surface area (Å²) in [7, 11) is 0. The maximum atomic E-state index is 11.9. The smallest absolute Gasteiger partial charge is 0.227 e. The zero-order valence-electron chi connectivity index (χ0n) is 9.93. The summed E-state index contributed by atoms with van der Waals surface area (Å²) < 4.78 is 15.1.